The van der Waals surface area contributed by atoms with Crippen molar-refractivity contribution < 1.29 is 9.59 Å². The van der Waals surface area contributed by atoms with Crippen LogP contribution < -0.4 is 5.32 Å². The molecule has 0 aliphatic carbocycles. The third kappa shape index (κ3) is 8.82. The lowest BCUT2D eigenvalue weighted by molar-refractivity contribution is -0.140. The fourth-order valence-electron chi connectivity index (χ4n) is 3.85. The van der Waals surface area contributed by atoms with Gasteiger partial charge < -0.3 is 10.2 Å². The van der Waals surface area contributed by atoms with Gasteiger partial charge in [0.25, 0.3) is 0 Å². The van der Waals surface area contributed by atoms with Crippen molar-refractivity contribution >= 4 is 70.0 Å². The Morgan fingerprint density at radius 2 is 1.34 bits per heavy atom. The van der Waals surface area contributed by atoms with E-state index in [0.717, 1.165) is 11.1 Å². The van der Waals surface area contributed by atoms with Crippen LogP contribution in [0.15, 0.2) is 66.7 Å². The molecule has 0 bridgehead atoms. The second-order valence-electron chi connectivity index (χ2n) is 9.86. The third-order valence-corrected chi connectivity index (χ3v) is 8.05. The van der Waals surface area contributed by atoms with E-state index in [-0.39, 0.29) is 24.1 Å². The second-order valence-corrected chi connectivity index (χ2v) is 12.5. The maximum Gasteiger partial charge on any atom is 0.243 e. The molecule has 3 aromatic carbocycles. The van der Waals surface area contributed by atoms with Gasteiger partial charge in [-0.05, 0) is 56.2 Å². The van der Waals surface area contributed by atoms with Gasteiger partial charge in [0.1, 0.15) is 6.04 Å². The molecular formula is C29H30Cl4N2O2S. The molecule has 0 fully saturated rings. The Kier molecular flexibility index (Phi) is 11.3. The van der Waals surface area contributed by atoms with Crippen LogP contribution in [-0.2, 0) is 28.3 Å². The number of thioether (sulfide) groups is 1. The van der Waals surface area contributed by atoms with E-state index < -0.39 is 11.6 Å². The molecule has 202 valence electrons. The number of amides is 2. The van der Waals surface area contributed by atoms with E-state index in [1.54, 1.807) is 41.3 Å². The molecule has 3 rings (SSSR count). The number of hydrogen-bond acceptors (Lipinski definition) is 3. The minimum Gasteiger partial charge on any atom is -0.350 e. The van der Waals surface area contributed by atoms with Crippen LogP contribution in [0.4, 0.5) is 0 Å². The summed E-state index contributed by atoms with van der Waals surface area (Å²) in [5, 5.41) is 5.00. The molecule has 4 nitrogen and oxygen atoms in total. The average Bonchev–Trinajstić information content (AvgIpc) is 2.84. The Morgan fingerprint density at radius 3 is 1.87 bits per heavy atom. The van der Waals surface area contributed by atoms with E-state index >= 15 is 0 Å². The van der Waals surface area contributed by atoms with Crippen LogP contribution in [0.25, 0.3) is 0 Å². The summed E-state index contributed by atoms with van der Waals surface area (Å²) in [6, 6.07) is 19.3. The quantitative estimate of drug-likeness (QED) is 0.252. The van der Waals surface area contributed by atoms with Crippen LogP contribution in [0.2, 0.25) is 20.1 Å². The first kappa shape index (κ1) is 30.6. The van der Waals surface area contributed by atoms with E-state index in [1.807, 2.05) is 51.1 Å². The number of nitrogens with one attached hydrogen (secondary N) is 1. The summed E-state index contributed by atoms with van der Waals surface area (Å²) in [7, 11) is 0. The molecule has 0 aliphatic heterocycles. The zero-order valence-electron chi connectivity index (χ0n) is 21.4. The van der Waals surface area contributed by atoms with Crippen molar-refractivity contribution in [3.63, 3.8) is 0 Å². The summed E-state index contributed by atoms with van der Waals surface area (Å²) in [5.41, 5.74) is 1.80. The van der Waals surface area contributed by atoms with Crippen LogP contribution in [0.1, 0.15) is 37.5 Å². The van der Waals surface area contributed by atoms with Gasteiger partial charge in [-0.15, -0.1) is 11.8 Å². The second kappa shape index (κ2) is 14.0. The summed E-state index contributed by atoms with van der Waals surface area (Å²) >= 11 is 27.0. The lowest BCUT2D eigenvalue weighted by atomic mass is 10.0. The third-order valence-electron chi connectivity index (χ3n) is 5.69. The molecule has 1 atom stereocenters. The molecule has 0 aromatic heterocycles. The van der Waals surface area contributed by atoms with Crippen LogP contribution in [0.5, 0.6) is 0 Å². The first-order chi connectivity index (χ1) is 18.0. The Balaban J connectivity index is 1.94. The Hall–Kier alpha value is -1.89. The normalized spacial score (nSPS) is 12.2. The fourth-order valence-corrected chi connectivity index (χ4v) is 6.02. The number of rotatable bonds is 10. The molecule has 1 N–H and O–H groups in total. The van der Waals surface area contributed by atoms with Gasteiger partial charge in [-0.1, -0.05) is 88.9 Å². The van der Waals surface area contributed by atoms with E-state index in [1.165, 1.54) is 11.8 Å². The standard InChI is InChI=1S/C29H30Cl4N2O2S/c1-29(2,3)34-28(37)26(15-19-9-5-4-6-10-19)35(16-20-22(30)11-7-12-23(20)31)27(36)18-38-17-21-24(32)13-8-14-25(21)33/h4-14,26H,15-18H2,1-3H3,(H,34,37)/t26-/m0/s1. The molecular weight excluding hydrogens is 582 g/mol. The molecule has 0 heterocycles. The van der Waals surface area contributed by atoms with Crippen molar-refractivity contribution in [1.82, 2.24) is 10.2 Å². The summed E-state index contributed by atoms with van der Waals surface area (Å²) in [4.78, 5) is 29.0. The Labute approximate surface area is 249 Å². The molecule has 0 radical (unpaired) electrons. The maximum absolute atomic E-state index is 13.8. The predicted octanol–water partition coefficient (Wildman–Crippen LogP) is 8.09. The Morgan fingerprint density at radius 1 is 0.816 bits per heavy atom. The average molecular weight is 612 g/mol. The molecule has 3 aromatic rings. The molecule has 9 heteroatoms. The first-order valence-corrected chi connectivity index (χ1v) is 14.7. The highest BCUT2D eigenvalue weighted by atomic mass is 35.5. The van der Waals surface area contributed by atoms with E-state index in [0.29, 0.717) is 37.8 Å². The van der Waals surface area contributed by atoms with Crippen molar-refractivity contribution in [3.05, 3.63) is 104 Å². The van der Waals surface area contributed by atoms with Crippen molar-refractivity contribution in [2.75, 3.05) is 5.75 Å². The van der Waals surface area contributed by atoms with Crippen LogP contribution in [-0.4, -0.2) is 34.0 Å². The van der Waals surface area contributed by atoms with Crippen LogP contribution in [0.3, 0.4) is 0 Å². The van der Waals surface area contributed by atoms with Gasteiger partial charge in [0.05, 0.1) is 5.75 Å². The molecule has 38 heavy (non-hydrogen) atoms. The van der Waals surface area contributed by atoms with Gasteiger partial charge in [-0.2, -0.15) is 0 Å². The fraction of sp³-hybridized carbons (Fsp3) is 0.310. The van der Waals surface area contributed by atoms with Crippen molar-refractivity contribution in [2.45, 2.75) is 51.1 Å². The summed E-state index contributed by atoms with van der Waals surface area (Å²) in [6.45, 7) is 5.81. The van der Waals surface area contributed by atoms with E-state index in [9.17, 15) is 9.59 Å². The van der Waals surface area contributed by atoms with Gasteiger partial charge in [-0.25, -0.2) is 0 Å². The van der Waals surface area contributed by atoms with Crippen molar-refractivity contribution in [3.8, 4) is 0 Å². The highest BCUT2D eigenvalue weighted by Gasteiger charge is 2.33. The van der Waals surface area contributed by atoms with Crippen LogP contribution >= 0.6 is 58.2 Å². The van der Waals surface area contributed by atoms with Gasteiger partial charge in [0.2, 0.25) is 11.8 Å². The largest absolute Gasteiger partial charge is 0.350 e. The molecule has 0 saturated carbocycles. The van der Waals surface area contributed by atoms with Crippen molar-refractivity contribution in [2.24, 2.45) is 0 Å². The van der Waals surface area contributed by atoms with Gasteiger partial charge in [0.15, 0.2) is 0 Å². The van der Waals surface area contributed by atoms with Gasteiger partial charge >= 0.3 is 0 Å². The molecule has 0 aliphatic rings. The highest BCUT2D eigenvalue weighted by molar-refractivity contribution is 7.99. The molecule has 2 amide bonds. The summed E-state index contributed by atoms with van der Waals surface area (Å²) in [5.74, 6) is 0.0800. The zero-order valence-corrected chi connectivity index (χ0v) is 25.3. The number of nitrogens with zero attached hydrogens (tertiary/aromatic N) is 1. The molecule has 0 unspecified atom stereocenters. The lowest BCUT2D eigenvalue weighted by Gasteiger charge is -2.34. The van der Waals surface area contributed by atoms with Gasteiger partial charge in [0, 0.05) is 49.9 Å². The van der Waals surface area contributed by atoms with Crippen LogP contribution in [0, 0.1) is 0 Å². The Bertz CT molecular complexity index is 1220. The van der Waals surface area contributed by atoms with Gasteiger partial charge in [-0.3, -0.25) is 9.59 Å². The molecule has 0 saturated heterocycles. The highest BCUT2D eigenvalue weighted by Crippen LogP contribution is 2.30. The topological polar surface area (TPSA) is 49.4 Å². The molecule has 0 spiro atoms. The van der Waals surface area contributed by atoms with Crippen molar-refractivity contribution in [1.29, 1.82) is 0 Å². The number of carbonyl (C=O) groups excluding carboxylic acids is 2. The minimum absolute atomic E-state index is 0.0831. The number of halogens is 4. The number of benzene rings is 3. The smallest absolute Gasteiger partial charge is 0.243 e. The monoisotopic (exact) mass is 610 g/mol. The maximum atomic E-state index is 13.8. The first-order valence-electron chi connectivity index (χ1n) is 12.0. The summed E-state index contributed by atoms with van der Waals surface area (Å²) < 4.78 is 0. The predicted molar refractivity (Wildman–Crippen MR) is 161 cm³/mol. The minimum atomic E-state index is -0.791. The van der Waals surface area contributed by atoms with E-state index in [2.05, 4.69) is 5.32 Å². The summed E-state index contributed by atoms with van der Waals surface area (Å²) in [6.07, 6.45) is 0.331. The zero-order chi connectivity index (χ0) is 27.9. The number of hydrogen-bond donors (Lipinski definition) is 1. The number of carbonyl (C=O) groups is 2. The lowest BCUT2D eigenvalue weighted by Crippen LogP contribution is -2.54. The van der Waals surface area contributed by atoms with E-state index in [4.69, 9.17) is 46.4 Å². The SMILES string of the molecule is CC(C)(C)NC(=O)[C@H](Cc1ccccc1)N(Cc1c(Cl)cccc1Cl)C(=O)CSCc1c(Cl)cccc1Cl.